The minimum Gasteiger partial charge on any atom is -0.508 e. The highest BCUT2D eigenvalue weighted by molar-refractivity contribution is 6.39. The van der Waals surface area contributed by atoms with E-state index in [0.29, 0.717) is 11.3 Å². The average Bonchev–Trinajstić information content (AvgIpc) is 2.29. The molecule has 0 atom stereocenters. The van der Waals surface area contributed by atoms with E-state index in [1.165, 1.54) is 18.2 Å². The van der Waals surface area contributed by atoms with Gasteiger partial charge >= 0.3 is 11.8 Å². The van der Waals surface area contributed by atoms with Gasteiger partial charge in [-0.25, -0.2) is 0 Å². The summed E-state index contributed by atoms with van der Waals surface area (Å²) in [5, 5.41) is 14.0. The molecule has 0 aliphatic rings. The van der Waals surface area contributed by atoms with Crippen LogP contribution >= 0.6 is 11.6 Å². The fourth-order valence-electron chi connectivity index (χ4n) is 1.21. The van der Waals surface area contributed by atoms with Gasteiger partial charge in [-0.1, -0.05) is 0 Å². The molecule has 0 saturated carbocycles. The van der Waals surface area contributed by atoms with E-state index < -0.39 is 11.8 Å². The minimum atomic E-state index is -0.760. The number of carbonyl (C=O) groups is 2. The summed E-state index contributed by atoms with van der Waals surface area (Å²) in [5.74, 6) is -1.15. The highest BCUT2D eigenvalue weighted by Crippen LogP contribution is 2.19. The molecule has 1 aromatic carbocycles. The molecule has 2 amide bonds. The van der Waals surface area contributed by atoms with Crippen LogP contribution in [0.2, 0.25) is 0 Å². The number of aromatic hydroxyl groups is 1. The largest absolute Gasteiger partial charge is 0.508 e. The molecule has 0 radical (unpaired) electrons. The van der Waals surface area contributed by atoms with Crippen molar-refractivity contribution in [3.63, 3.8) is 0 Å². The number of amides is 2. The Morgan fingerprint density at radius 2 is 2.06 bits per heavy atom. The van der Waals surface area contributed by atoms with E-state index in [9.17, 15) is 14.7 Å². The van der Waals surface area contributed by atoms with Crippen molar-refractivity contribution in [3.05, 3.63) is 23.8 Å². The first kappa shape index (κ1) is 13.3. The topological polar surface area (TPSA) is 78.4 Å². The molecule has 0 aliphatic carbocycles. The lowest BCUT2D eigenvalue weighted by Gasteiger charge is -2.08. The van der Waals surface area contributed by atoms with Crippen LogP contribution in [-0.4, -0.2) is 29.3 Å². The van der Waals surface area contributed by atoms with Crippen molar-refractivity contribution in [1.29, 1.82) is 0 Å². The van der Waals surface area contributed by atoms with Gasteiger partial charge in [0.05, 0.1) is 0 Å². The number of phenolic OH excluding ortho intramolecular Hbond substituents is 1. The molecule has 0 aromatic heterocycles. The molecule has 92 valence electrons. The lowest BCUT2D eigenvalue weighted by atomic mass is 10.2. The molecule has 5 nitrogen and oxygen atoms in total. The van der Waals surface area contributed by atoms with Crippen LogP contribution in [0.5, 0.6) is 5.75 Å². The Balaban J connectivity index is 2.64. The molecular formula is C11H13ClN2O3. The SMILES string of the molecule is Cc1cc(O)ccc1NC(=O)C(=O)NCCCl. The maximum absolute atomic E-state index is 11.4. The van der Waals surface area contributed by atoms with Crippen molar-refractivity contribution in [2.24, 2.45) is 0 Å². The first-order valence-electron chi connectivity index (χ1n) is 4.99. The maximum Gasteiger partial charge on any atom is 0.313 e. The van der Waals surface area contributed by atoms with Crippen molar-refractivity contribution in [1.82, 2.24) is 5.32 Å². The van der Waals surface area contributed by atoms with Crippen LogP contribution in [0.1, 0.15) is 5.56 Å². The third-order valence-electron chi connectivity index (χ3n) is 2.04. The molecule has 1 rings (SSSR count). The quantitative estimate of drug-likeness (QED) is 0.429. The lowest BCUT2D eigenvalue weighted by molar-refractivity contribution is -0.136. The van der Waals surface area contributed by atoms with E-state index in [0.717, 1.165) is 0 Å². The summed E-state index contributed by atoms with van der Waals surface area (Å²) in [7, 11) is 0. The number of benzene rings is 1. The third-order valence-corrected chi connectivity index (χ3v) is 2.23. The first-order valence-corrected chi connectivity index (χ1v) is 5.53. The van der Waals surface area contributed by atoms with Gasteiger partial charge < -0.3 is 15.7 Å². The van der Waals surface area contributed by atoms with Gasteiger partial charge in [0.2, 0.25) is 0 Å². The summed E-state index contributed by atoms with van der Waals surface area (Å²) in [5.41, 5.74) is 1.15. The van der Waals surface area contributed by atoms with Crippen molar-refractivity contribution < 1.29 is 14.7 Å². The van der Waals surface area contributed by atoms with Gasteiger partial charge in [-0.3, -0.25) is 9.59 Å². The summed E-state index contributed by atoms with van der Waals surface area (Å²) in [6, 6.07) is 4.45. The van der Waals surface area contributed by atoms with Gasteiger partial charge in [-0.2, -0.15) is 0 Å². The molecule has 1 aromatic rings. The van der Waals surface area contributed by atoms with Gasteiger partial charge in [-0.15, -0.1) is 11.6 Å². The summed E-state index contributed by atoms with van der Waals surface area (Å²) >= 11 is 5.38. The lowest BCUT2D eigenvalue weighted by Crippen LogP contribution is -2.36. The Bertz CT molecular complexity index is 435. The summed E-state index contributed by atoms with van der Waals surface area (Å²) in [6.45, 7) is 1.95. The smallest absolute Gasteiger partial charge is 0.313 e. The molecule has 0 saturated heterocycles. The summed E-state index contributed by atoms with van der Waals surface area (Å²) in [4.78, 5) is 22.7. The average molecular weight is 257 g/mol. The molecule has 6 heteroatoms. The van der Waals surface area contributed by atoms with Crippen molar-refractivity contribution >= 4 is 29.1 Å². The molecule has 0 unspecified atom stereocenters. The van der Waals surface area contributed by atoms with Gasteiger partial charge in [0.15, 0.2) is 0 Å². The fraction of sp³-hybridized carbons (Fsp3) is 0.273. The van der Waals surface area contributed by atoms with Crippen LogP contribution in [0.25, 0.3) is 0 Å². The zero-order valence-electron chi connectivity index (χ0n) is 9.29. The number of nitrogens with one attached hydrogen (secondary N) is 2. The van der Waals surface area contributed by atoms with E-state index in [1.807, 2.05) is 0 Å². The summed E-state index contributed by atoms with van der Waals surface area (Å²) < 4.78 is 0. The number of phenols is 1. The van der Waals surface area contributed by atoms with Gasteiger partial charge in [0.1, 0.15) is 5.75 Å². The highest BCUT2D eigenvalue weighted by Gasteiger charge is 2.13. The van der Waals surface area contributed by atoms with Crippen LogP contribution in [0, 0.1) is 6.92 Å². The highest BCUT2D eigenvalue weighted by atomic mass is 35.5. The zero-order chi connectivity index (χ0) is 12.8. The number of alkyl halides is 1. The molecule has 0 heterocycles. The van der Waals surface area contributed by atoms with Crippen molar-refractivity contribution in [3.8, 4) is 5.75 Å². The predicted molar refractivity (Wildman–Crippen MR) is 65.2 cm³/mol. The molecule has 0 aliphatic heterocycles. The number of hydrogen-bond donors (Lipinski definition) is 3. The second-order valence-electron chi connectivity index (χ2n) is 3.40. The zero-order valence-corrected chi connectivity index (χ0v) is 10.0. The summed E-state index contributed by atoms with van der Waals surface area (Å²) in [6.07, 6.45) is 0. The Morgan fingerprint density at radius 3 is 2.65 bits per heavy atom. The standard InChI is InChI=1S/C11H13ClN2O3/c1-7-6-8(15)2-3-9(7)14-11(17)10(16)13-5-4-12/h2-3,6,15H,4-5H2,1H3,(H,13,16)(H,14,17). The fourth-order valence-corrected chi connectivity index (χ4v) is 1.30. The molecule has 17 heavy (non-hydrogen) atoms. The van der Waals surface area contributed by atoms with Crippen LogP contribution in [0.3, 0.4) is 0 Å². The number of halogens is 1. The van der Waals surface area contributed by atoms with Crippen LogP contribution in [-0.2, 0) is 9.59 Å². The van der Waals surface area contributed by atoms with Crippen LogP contribution < -0.4 is 10.6 Å². The molecule has 0 bridgehead atoms. The Hall–Kier alpha value is -1.75. The normalized spacial score (nSPS) is 9.76. The van der Waals surface area contributed by atoms with Gasteiger partial charge in [-0.05, 0) is 30.7 Å². The number of aryl methyl sites for hydroxylation is 1. The molecule has 0 spiro atoms. The number of carbonyl (C=O) groups excluding carboxylic acids is 2. The van der Waals surface area contributed by atoms with E-state index in [-0.39, 0.29) is 18.2 Å². The van der Waals surface area contributed by atoms with Crippen molar-refractivity contribution in [2.75, 3.05) is 17.7 Å². The first-order chi connectivity index (χ1) is 8.04. The van der Waals surface area contributed by atoms with Crippen molar-refractivity contribution in [2.45, 2.75) is 6.92 Å². The second kappa shape index (κ2) is 6.10. The van der Waals surface area contributed by atoms with Crippen LogP contribution in [0.15, 0.2) is 18.2 Å². The van der Waals surface area contributed by atoms with E-state index >= 15 is 0 Å². The Morgan fingerprint density at radius 1 is 1.35 bits per heavy atom. The number of anilines is 1. The van der Waals surface area contributed by atoms with E-state index in [4.69, 9.17) is 11.6 Å². The maximum atomic E-state index is 11.4. The van der Waals surface area contributed by atoms with Gasteiger partial charge in [0, 0.05) is 18.1 Å². The van der Waals surface area contributed by atoms with Crippen LogP contribution in [0.4, 0.5) is 5.69 Å². The Labute approximate surface area is 104 Å². The number of rotatable bonds is 3. The molecular weight excluding hydrogens is 244 g/mol. The molecule has 0 fully saturated rings. The monoisotopic (exact) mass is 256 g/mol. The van der Waals surface area contributed by atoms with E-state index in [2.05, 4.69) is 10.6 Å². The van der Waals surface area contributed by atoms with Gasteiger partial charge in [0.25, 0.3) is 0 Å². The second-order valence-corrected chi connectivity index (χ2v) is 3.78. The Kier molecular flexibility index (Phi) is 4.78. The number of hydrogen-bond acceptors (Lipinski definition) is 3. The van der Waals surface area contributed by atoms with E-state index in [1.54, 1.807) is 6.92 Å². The molecule has 3 N–H and O–H groups in total. The predicted octanol–water partition coefficient (Wildman–Crippen LogP) is 0.994. The minimum absolute atomic E-state index is 0.104. The third kappa shape index (κ3) is 3.96.